The van der Waals surface area contributed by atoms with Gasteiger partial charge in [0.25, 0.3) is 5.89 Å². The number of rotatable bonds is 4. The number of nitrogens with zero attached hydrogens (tertiary/aromatic N) is 4. The topological polar surface area (TPSA) is 87.1 Å². The van der Waals surface area contributed by atoms with E-state index in [0.29, 0.717) is 29.3 Å². The highest BCUT2D eigenvalue weighted by Gasteiger charge is 2.20. The largest absolute Gasteiger partial charge is 0.490 e. The fraction of sp³-hybridized carbons (Fsp3) is 0.222. The van der Waals surface area contributed by atoms with Crippen molar-refractivity contribution in [1.29, 1.82) is 0 Å². The molecule has 7 heteroatoms. The Hall–Kier alpha value is -3.22. The molecule has 25 heavy (non-hydrogen) atoms. The van der Waals surface area contributed by atoms with Crippen molar-refractivity contribution < 1.29 is 13.7 Å². The van der Waals surface area contributed by atoms with E-state index in [1.54, 1.807) is 24.7 Å². The number of hydrogen-bond acceptors (Lipinski definition) is 7. The van der Waals surface area contributed by atoms with E-state index in [4.69, 9.17) is 13.7 Å². The predicted molar refractivity (Wildman–Crippen MR) is 88.8 cm³/mol. The van der Waals surface area contributed by atoms with Gasteiger partial charge >= 0.3 is 0 Å². The van der Waals surface area contributed by atoms with Crippen LogP contribution in [0.5, 0.6) is 5.75 Å². The standard InChI is InChI=1S/C18H14N4O3/c1-2-12(3-1)23-13-4-7-20-14(9-13)17-21-18(25-22-17)16-8-11-10-19-6-5-15(11)24-16/h4-10,12H,1-3H2. The Kier molecular flexibility index (Phi) is 3.22. The number of ether oxygens (including phenoxy) is 1. The molecule has 0 unspecified atom stereocenters. The van der Waals surface area contributed by atoms with E-state index in [1.165, 1.54) is 6.42 Å². The molecule has 0 radical (unpaired) electrons. The van der Waals surface area contributed by atoms with Crippen LogP contribution in [0, 0.1) is 0 Å². The summed E-state index contributed by atoms with van der Waals surface area (Å²) in [6, 6.07) is 7.28. The highest BCUT2D eigenvalue weighted by Crippen LogP contribution is 2.29. The highest BCUT2D eigenvalue weighted by molar-refractivity contribution is 5.80. The molecule has 0 spiro atoms. The van der Waals surface area contributed by atoms with E-state index >= 15 is 0 Å². The van der Waals surface area contributed by atoms with Crippen LogP contribution in [0.1, 0.15) is 19.3 Å². The molecular formula is C18H14N4O3. The molecule has 5 rings (SSSR count). The number of furan rings is 1. The fourth-order valence-electron chi connectivity index (χ4n) is 2.71. The van der Waals surface area contributed by atoms with Crippen molar-refractivity contribution in [3.63, 3.8) is 0 Å². The van der Waals surface area contributed by atoms with Crippen LogP contribution in [-0.2, 0) is 0 Å². The first kappa shape index (κ1) is 14.2. The van der Waals surface area contributed by atoms with E-state index < -0.39 is 0 Å². The van der Waals surface area contributed by atoms with Gasteiger partial charge in [-0.2, -0.15) is 4.98 Å². The van der Waals surface area contributed by atoms with Crippen LogP contribution in [0.3, 0.4) is 0 Å². The molecule has 0 aliphatic heterocycles. The van der Waals surface area contributed by atoms with Gasteiger partial charge in [-0.15, -0.1) is 0 Å². The van der Waals surface area contributed by atoms with Crippen molar-refractivity contribution in [1.82, 2.24) is 20.1 Å². The molecular weight excluding hydrogens is 320 g/mol. The summed E-state index contributed by atoms with van der Waals surface area (Å²) in [4.78, 5) is 12.8. The number of hydrogen-bond donors (Lipinski definition) is 0. The first-order valence-corrected chi connectivity index (χ1v) is 8.16. The lowest BCUT2D eigenvalue weighted by atomic mass is 9.96. The third-order valence-electron chi connectivity index (χ3n) is 4.27. The summed E-state index contributed by atoms with van der Waals surface area (Å²) in [7, 11) is 0. The van der Waals surface area contributed by atoms with Crippen LogP contribution >= 0.6 is 0 Å². The lowest BCUT2D eigenvalue weighted by Crippen LogP contribution is -2.24. The molecule has 1 aliphatic rings. The Morgan fingerprint density at radius 3 is 2.92 bits per heavy atom. The molecule has 1 saturated carbocycles. The monoisotopic (exact) mass is 334 g/mol. The molecule has 4 heterocycles. The summed E-state index contributed by atoms with van der Waals surface area (Å²) in [6.45, 7) is 0. The lowest BCUT2D eigenvalue weighted by Gasteiger charge is -2.26. The molecule has 0 amide bonds. The average molecular weight is 334 g/mol. The van der Waals surface area contributed by atoms with Crippen molar-refractivity contribution >= 4 is 11.0 Å². The second-order valence-corrected chi connectivity index (χ2v) is 5.99. The van der Waals surface area contributed by atoms with Gasteiger partial charge in [0.15, 0.2) is 5.76 Å². The van der Waals surface area contributed by atoms with E-state index in [2.05, 4.69) is 20.1 Å². The first-order chi connectivity index (χ1) is 12.3. The highest BCUT2D eigenvalue weighted by atomic mass is 16.5. The van der Waals surface area contributed by atoms with Crippen LogP contribution in [0.25, 0.3) is 34.1 Å². The molecule has 0 atom stereocenters. The normalized spacial score (nSPS) is 14.6. The van der Waals surface area contributed by atoms with Gasteiger partial charge in [0.2, 0.25) is 5.82 Å². The zero-order chi connectivity index (χ0) is 16.6. The number of pyridine rings is 2. The molecule has 0 saturated heterocycles. The second kappa shape index (κ2) is 5.70. The minimum absolute atomic E-state index is 0.304. The summed E-state index contributed by atoms with van der Waals surface area (Å²) in [6.07, 6.45) is 8.82. The quantitative estimate of drug-likeness (QED) is 0.560. The van der Waals surface area contributed by atoms with Crippen molar-refractivity contribution in [2.24, 2.45) is 0 Å². The van der Waals surface area contributed by atoms with Crippen LogP contribution in [0.15, 0.2) is 51.8 Å². The Morgan fingerprint density at radius 1 is 1.12 bits per heavy atom. The van der Waals surface area contributed by atoms with Crippen molar-refractivity contribution in [2.45, 2.75) is 25.4 Å². The fourth-order valence-corrected chi connectivity index (χ4v) is 2.71. The van der Waals surface area contributed by atoms with Crippen molar-refractivity contribution in [3.05, 3.63) is 42.9 Å². The SMILES string of the molecule is c1cc2oc(-c3nc(-c4cc(OC5CCC5)ccn4)no3)cc2cn1. The minimum Gasteiger partial charge on any atom is -0.490 e. The second-order valence-electron chi connectivity index (χ2n) is 5.99. The molecule has 1 fully saturated rings. The summed E-state index contributed by atoms with van der Waals surface area (Å²) in [5.74, 6) is 1.98. The molecule has 4 aromatic rings. The van der Waals surface area contributed by atoms with Gasteiger partial charge in [0.05, 0.1) is 6.10 Å². The average Bonchev–Trinajstić information content (AvgIpc) is 3.25. The predicted octanol–water partition coefficient (Wildman–Crippen LogP) is 3.87. The summed E-state index contributed by atoms with van der Waals surface area (Å²) >= 11 is 0. The Balaban J connectivity index is 1.44. The Labute approximate surface area is 142 Å². The molecule has 0 aromatic carbocycles. The maximum atomic E-state index is 5.89. The molecule has 0 bridgehead atoms. The molecule has 4 aromatic heterocycles. The van der Waals surface area contributed by atoms with Gasteiger partial charge in [-0.25, -0.2) is 0 Å². The lowest BCUT2D eigenvalue weighted by molar-refractivity contribution is 0.120. The zero-order valence-corrected chi connectivity index (χ0v) is 13.3. The smallest absolute Gasteiger partial charge is 0.294 e. The summed E-state index contributed by atoms with van der Waals surface area (Å²) in [5.41, 5.74) is 1.32. The summed E-state index contributed by atoms with van der Waals surface area (Å²) in [5, 5.41) is 4.89. The van der Waals surface area contributed by atoms with Gasteiger partial charge in [0.1, 0.15) is 17.0 Å². The van der Waals surface area contributed by atoms with Crippen LogP contribution in [0.2, 0.25) is 0 Å². The maximum Gasteiger partial charge on any atom is 0.294 e. The van der Waals surface area contributed by atoms with Gasteiger partial charge in [-0.05, 0) is 37.5 Å². The van der Waals surface area contributed by atoms with E-state index in [-0.39, 0.29) is 0 Å². The third kappa shape index (κ3) is 2.63. The molecule has 0 N–H and O–H groups in total. The maximum absolute atomic E-state index is 5.89. The molecule has 1 aliphatic carbocycles. The number of aromatic nitrogens is 4. The summed E-state index contributed by atoms with van der Waals surface area (Å²) < 4.78 is 16.9. The van der Waals surface area contributed by atoms with Crippen molar-refractivity contribution in [3.8, 4) is 28.9 Å². The van der Waals surface area contributed by atoms with Gasteiger partial charge in [-0.3, -0.25) is 9.97 Å². The van der Waals surface area contributed by atoms with Gasteiger partial charge < -0.3 is 13.7 Å². The minimum atomic E-state index is 0.304. The molecule has 124 valence electrons. The van der Waals surface area contributed by atoms with E-state index in [9.17, 15) is 0 Å². The number of fused-ring (bicyclic) bond motifs is 1. The van der Waals surface area contributed by atoms with Crippen molar-refractivity contribution in [2.75, 3.05) is 0 Å². The Morgan fingerprint density at radius 2 is 2.08 bits per heavy atom. The molecule has 7 nitrogen and oxygen atoms in total. The zero-order valence-electron chi connectivity index (χ0n) is 13.3. The first-order valence-electron chi connectivity index (χ1n) is 8.16. The van der Waals surface area contributed by atoms with E-state index in [1.807, 2.05) is 18.2 Å². The van der Waals surface area contributed by atoms with Gasteiger partial charge in [0, 0.05) is 30.0 Å². The van der Waals surface area contributed by atoms with Crippen LogP contribution < -0.4 is 4.74 Å². The van der Waals surface area contributed by atoms with Crippen LogP contribution in [0.4, 0.5) is 0 Å². The third-order valence-corrected chi connectivity index (χ3v) is 4.27. The van der Waals surface area contributed by atoms with E-state index in [0.717, 1.165) is 29.6 Å². The Bertz CT molecular complexity index is 1000. The van der Waals surface area contributed by atoms with Crippen LogP contribution in [-0.4, -0.2) is 26.2 Å². The van der Waals surface area contributed by atoms with Gasteiger partial charge in [-0.1, -0.05) is 5.16 Å².